The van der Waals surface area contributed by atoms with Crippen LogP contribution < -0.4 is 15.2 Å². The quantitative estimate of drug-likeness (QED) is 0.692. The number of nitrogens with zero attached hydrogens (tertiary/aromatic N) is 1. The van der Waals surface area contributed by atoms with Crippen molar-refractivity contribution >= 4 is 21.9 Å². The van der Waals surface area contributed by atoms with Gasteiger partial charge in [0.2, 0.25) is 15.9 Å². The van der Waals surface area contributed by atoms with Crippen molar-refractivity contribution in [2.75, 3.05) is 20.2 Å². The van der Waals surface area contributed by atoms with E-state index in [0.29, 0.717) is 18.6 Å². The van der Waals surface area contributed by atoms with Crippen molar-refractivity contribution in [3.8, 4) is 5.75 Å². The van der Waals surface area contributed by atoms with E-state index >= 15 is 0 Å². The topological polar surface area (TPSA) is 116 Å². The second-order valence-electron chi connectivity index (χ2n) is 6.90. The SMILES string of the molecule is COc1ccc(S(=O)(=O)N2CCC(C(=O)N[C@H](C(=O)[O-])C(C)C)CC2)cc1. The third-order valence-corrected chi connectivity index (χ3v) is 6.65. The summed E-state index contributed by atoms with van der Waals surface area (Å²) in [6.07, 6.45) is 0.665. The number of piperidine rings is 1. The van der Waals surface area contributed by atoms with E-state index in [4.69, 9.17) is 4.74 Å². The summed E-state index contributed by atoms with van der Waals surface area (Å²) in [5.41, 5.74) is 0. The molecule has 27 heavy (non-hydrogen) atoms. The molecule has 1 fully saturated rings. The van der Waals surface area contributed by atoms with Crippen molar-refractivity contribution in [2.45, 2.75) is 37.6 Å². The van der Waals surface area contributed by atoms with Gasteiger partial charge in [-0.1, -0.05) is 13.8 Å². The predicted octanol–water partition coefficient (Wildman–Crippen LogP) is -0.0134. The predicted molar refractivity (Wildman–Crippen MR) is 96.3 cm³/mol. The van der Waals surface area contributed by atoms with Crippen LogP contribution in [0.3, 0.4) is 0 Å². The van der Waals surface area contributed by atoms with Crippen molar-refractivity contribution in [2.24, 2.45) is 11.8 Å². The van der Waals surface area contributed by atoms with Gasteiger partial charge in [-0.15, -0.1) is 0 Å². The van der Waals surface area contributed by atoms with Gasteiger partial charge in [0.25, 0.3) is 0 Å². The highest BCUT2D eigenvalue weighted by Crippen LogP contribution is 2.25. The van der Waals surface area contributed by atoms with Crippen molar-refractivity contribution in [1.82, 2.24) is 9.62 Å². The highest BCUT2D eigenvalue weighted by atomic mass is 32.2. The number of nitrogens with one attached hydrogen (secondary N) is 1. The van der Waals surface area contributed by atoms with Crippen LogP contribution >= 0.6 is 0 Å². The molecule has 2 rings (SSSR count). The van der Waals surface area contributed by atoms with Crippen LogP contribution in [-0.2, 0) is 19.6 Å². The van der Waals surface area contributed by atoms with Crippen LogP contribution in [0.15, 0.2) is 29.2 Å². The van der Waals surface area contributed by atoms with Gasteiger partial charge in [0.15, 0.2) is 0 Å². The zero-order valence-corrected chi connectivity index (χ0v) is 16.5. The van der Waals surface area contributed by atoms with Crippen LogP contribution in [0.25, 0.3) is 0 Å². The Labute approximate surface area is 159 Å². The molecule has 8 nitrogen and oxygen atoms in total. The van der Waals surface area contributed by atoms with E-state index in [0.717, 1.165) is 0 Å². The molecule has 1 aromatic rings. The van der Waals surface area contributed by atoms with Gasteiger partial charge in [-0.05, 0) is 43.0 Å². The first kappa shape index (κ1) is 21.2. The molecule has 1 saturated heterocycles. The Balaban J connectivity index is 1.99. The van der Waals surface area contributed by atoms with Gasteiger partial charge >= 0.3 is 0 Å². The van der Waals surface area contributed by atoms with Crippen LogP contribution in [0.1, 0.15) is 26.7 Å². The van der Waals surface area contributed by atoms with E-state index in [2.05, 4.69) is 5.32 Å². The summed E-state index contributed by atoms with van der Waals surface area (Å²) in [6.45, 7) is 3.77. The van der Waals surface area contributed by atoms with Crippen LogP contribution in [0, 0.1) is 11.8 Å². The largest absolute Gasteiger partial charge is 0.548 e. The number of carboxylic acids is 1. The molecule has 0 aliphatic carbocycles. The van der Waals surface area contributed by atoms with Gasteiger partial charge in [-0.25, -0.2) is 8.42 Å². The van der Waals surface area contributed by atoms with Crippen LogP contribution in [0.5, 0.6) is 5.75 Å². The molecule has 1 aliphatic heterocycles. The Morgan fingerprint density at radius 2 is 1.74 bits per heavy atom. The van der Waals surface area contributed by atoms with Crippen LogP contribution in [0.2, 0.25) is 0 Å². The summed E-state index contributed by atoms with van der Waals surface area (Å²) in [5, 5.41) is 13.6. The lowest BCUT2D eigenvalue weighted by Crippen LogP contribution is -2.53. The van der Waals surface area contributed by atoms with E-state index in [-0.39, 0.29) is 29.8 Å². The lowest BCUT2D eigenvalue weighted by atomic mass is 9.95. The molecule has 9 heteroatoms. The second-order valence-corrected chi connectivity index (χ2v) is 8.84. The second kappa shape index (κ2) is 8.71. The fourth-order valence-corrected chi connectivity index (χ4v) is 4.49. The minimum absolute atomic E-state index is 0.169. The van der Waals surface area contributed by atoms with E-state index in [1.807, 2.05) is 0 Å². The number of rotatable bonds is 7. The van der Waals surface area contributed by atoms with Gasteiger partial charge in [0.05, 0.1) is 24.0 Å². The lowest BCUT2D eigenvalue weighted by Gasteiger charge is -2.32. The average molecular weight is 397 g/mol. The van der Waals surface area contributed by atoms with Crippen molar-refractivity contribution in [1.29, 1.82) is 0 Å². The van der Waals surface area contributed by atoms with E-state index in [1.54, 1.807) is 26.0 Å². The zero-order chi connectivity index (χ0) is 20.2. The Morgan fingerprint density at radius 1 is 1.19 bits per heavy atom. The molecule has 1 atom stereocenters. The molecule has 0 unspecified atom stereocenters. The highest BCUT2D eigenvalue weighted by Gasteiger charge is 2.33. The van der Waals surface area contributed by atoms with E-state index in [9.17, 15) is 23.1 Å². The Kier molecular flexibility index (Phi) is 6.83. The normalized spacial score (nSPS) is 17.5. The molecule has 1 N–H and O–H groups in total. The Bertz CT molecular complexity index is 768. The third-order valence-electron chi connectivity index (χ3n) is 4.74. The first-order valence-corrected chi connectivity index (χ1v) is 10.3. The highest BCUT2D eigenvalue weighted by molar-refractivity contribution is 7.89. The summed E-state index contributed by atoms with van der Waals surface area (Å²) >= 11 is 0. The van der Waals surface area contributed by atoms with Crippen LogP contribution in [0.4, 0.5) is 0 Å². The lowest BCUT2D eigenvalue weighted by molar-refractivity contribution is -0.309. The van der Waals surface area contributed by atoms with Crippen LogP contribution in [-0.4, -0.2) is 50.8 Å². The molecule has 1 aliphatic rings. The number of sulfonamides is 1. The number of carboxylic acid groups (broad SMARTS) is 1. The number of ether oxygens (including phenoxy) is 1. The number of benzene rings is 1. The Morgan fingerprint density at radius 3 is 2.19 bits per heavy atom. The fraction of sp³-hybridized carbons (Fsp3) is 0.556. The summed E-state index contributed by atoms with van der Waals surface area (Å²) in [7, 11) is -2.14. The number of amides is 1. The molecule has 1 aromatic carbocycles. The van der Waals surface area contributed by atoms with E-state index in [1.165, 1.54) is 23.5 Å². The van der Waals surface area contributed by atoms with Gasteiger partial charge in [0.1, 0.15) is 5.75 Å². The zero-order valence-electron chi connectivity index (χ0n) is 15.7. The maximum atomic E-state index is 12.7. The first-order chi connectivity index (χ1) is 12.7. The molecule has 0 bridgehead atoms. The summed E-state index contributed by atoms with van der Waals surface area (Å²) in [6, 6.07) is 5.08. The van der Waals surface area contributed by atoms with Gasteiger partial charge < -0.3 is 20.0 Å². The molecule has 0 radical (unpaired) electrons. The minimum atomic E-state index is -3.64. The molecule has 0 aromatic heterocycles. The number of methoxy groups -OCH3 is 1. The van der Waals surface area contributed by atoms with Crippen molar-refractivity contribution in [3.63, 3.8) is 0 Å². The number of hydrogen-bond acceptors (Lipinski definition) is 6. The Hall–Kier alpha value is -2.13. The monoisotopic (exact) mass is 397 g/mol. The molecular formula is C18H25N2O6S-. The van der Waals surface area contributed by atoms with Gasteiger partial charge in [0, 0.05) is 19.0 Å². The minimum Gasteiger partial charge on any atom is -0.548 e. The molecule has 150 valence electrons. The summed E-state index contributed by atoms with van der Waals surface area (Å²) in [4.78, 5) is 23.6. The molecule has 0 saturated carbocycles. The smallest absolute Gasteiger partial charge is 0.243 e. The third kappa shape index (κ3) is 4.98. The number of aliphatic carboxylic acids is 1. The summed E-state index contributed by atoms with van der Waals surface area (Å²) in [5.74, 6) is -1.85. The number of carbonyl (C=O) groups excluding carboxylic acids is 2. The maximum absolute atomic E-state index is 12.7. The molecular weight excluding hydrogens is 372 g/mol. The fourth-order valence-electron chi connectivity index (χ4n) is 3.02. The number of carbonyl (C=O) groups is 2. The van der Waals surface area contributed by atoms with Gasteiger partial charge in [-0.2, -0.15) is 4.31 Å². The van der Waals surface area contributed by atoms with Gasteiger partial charge in [-0.3, -0.25) is 4.79 Å². The standard InChI is InChI=1S/C18H26N2O6S/c1-12(2)16(18(22)23)19-17(21)13-8-10-20(11-9-13)27(24,25)15-6-4-14(26-3)5-7-15/h4-7,12-13,16H,8-11H2,1-3H3,(H,19,21)(H,22,23)/p-1/t16-/m0/s1. The maximum Gasteiger partial charge on any atom is 0.243 e. The van der Waals surface area contributed by atoms with Crippen molar-refractivity contribution in [3.05, 3.63) is 24.3 Å². The molecule has 1 heterocycles. The molecule has 1 amide bonds. The summed E-state index contributed by atoms with van der Waals surface area (Å²) < 4.78 is 31.8. The molecule has 0 spiro atoms. The average Bonchev–Trinajstić information content (AvgIpc) is 2.65. The first-order valence-electron chi connectivity index (χ1n) is 8.82. The van der Waals surface area contributed by atoms with Crippen molar-refractivity contribution < 1.29 is 27.9 Å². The number of hydrogen-bond donors (Lipinski definition) is 1. The van der Waals surface area contributed by atoms with E-state index < -0.39 is 28.0 Å².